The smallest absolute Gasteiger partial charge is 0.335 e. The highest BCUT2D eigenvalue weighted by Crippen LogP contribution is 2.11. The first-order chi connectivity index (χ1) is 10.8. The normalized spacial score (nSPS) is 16.0. The van der Waals surface area contributed by atoms with Crippen LogP contribution in [0.15, 0.2) is 29.3 Å². The van der Waals surface area contributed by atoms with Crippen LogP contribution in [0.1, 0.15) is 16.8 Å². The van der Waals surface area contributed by atoms with E-state index in [0.29, 0.717) is 5.69 Å². The second kappa shape index (κ2) is 9.14. The molecule has 3 N–H and O–H groups in total. The molecule has 120 valence electrons. The number of benzene rings is 1. The molecule has 22 heavy (non-hydrogen) atoms. The Morgan fingerprint density at radius 1 is 1.32 bits per heavy atom. The van der Waals surface area contributed by atoms with Gasteiger partial charge in [-0.3, -0.25) is 4.90 Å². The number of ether oxygens (including phenoxy) is 1. The van der Waals surface area contributed by atoms with E-state index in [-0.39, 0.29) is 5.56 Å². The zero-order valence-corrected chi connectivity index (χ0v) is 12.5. The van der Waals surface area contributed by atoms with E-state index in [1.54, 1.807) is 18.5 Å². The summed E-state index contributed by atoms with van der Waals surface area (Å²) in [6.45, 7) is 5.60. The summed E-state index contributed by atoms with van der Waals surface area (Å²) in [7, 11) is 0. The summed E-state index contributed by atoms with van der Waals surface area (Å²) in [6, 6.07) is 6.40. The first-order valence-corrected chi connectivity index (χ1v) is 7.40. The first-order valence-electron chi connectivity index (χ1n) is 7.40. The molecule has 0 bridgehead atoms. The van der Waals surface area contributed by atoms with Gasteiger partial charge < -0.3 is 15.3 Å². The standard InChI is InChI=1S/C15H22N4O3/c20-15(21)13-2-4-14(5-3-13)16-12-18-17-6-1-7-19-8-10-22-11-9-19/h2-5,12,17H,1,6-11H2,(H,16,18)(H,20,21). The van der Waals surface area contributed by atoms with Gasteiger partial charge in [-0.15, -0.1) is 0 Å². The van der Waals surface area contributed by atoms with E-state index in [0.717, 1.165) is 45.8 Å². The maximum atomic E-state index is 10.7. The van der Waals surface area contributed by atoms with Gasteiger partial charge in [0.1, 0.15) is 6.34 Å². The van der Waals surface area contributed by atoms with Gasteiger partial charge in [-0.05, 0) is 37.2 Å². The number of carbonyl (C=O) groups is 1. The van der Waals surface area contributed by atoms with Crippen molar-refractivity contribution in [2.75, 3.05) is 39.4 Å². The largest absolute Gasteiger partial charge is 0.478 e. The average molecular weight is 306 g/mol. The average Bonchev–Trinajstić information content (AvgIpc) is 2.55. The maximum absolute atomic E-state index is 10.7. The molecule has 0 unspecified atom stereocenters. The minimum absolute atomic E-state index is 0.258. The summed E-state index contributed by atoms with van der Waals surface area (Å²) in [5.74, 6) is -0.935. The number of aliphatic imine (C=N–C) groups is 1. The second-order valence-corrected chi connectivity index (χ2v) is 4.99. The third-order valence-electron chi connectivity index (χ3n) is 3.37. The van der Waals surface area contributed by atoms with Crippen LogP contribution in [0, 0.1) is 0 Å². The topological polar surface area (TPSA) is 86.2 Å². The Hall–Kier alpha value is -1.96. The third-order valence-corrected chi connectivity index (χ3v) is 3.37. The predicted molar refractivity (Wildman–Crippen MR) is 84.6 cm³/mol. The van der Waals surface area contributed by atoms with Gasteiger partial charge in [-0.25, -0.2) is 15.2 Å². The number of hydrazine groups is 1. The molecule has 0 atom stereocenters. The predicted octanol–water partition coefficient (Wildman–Crippen LogP) is 0.861. The minimum Gasteiger partial charge on any atom is -0.478 e. The van der Waals surface area contributed by atoms with Crippen LogP contribution in [0.4, 0.5) is 5.69 Å². The summed E-state index contributed by atoms with van der Waals surface area (Å²) in [5.41, 5.74) is 6.94. The number of carboxylic acids is 1. The quantitative estimate of drug-likeness (QED) is 0.286. The molecule has 1 heterocycles. The van der Waals surface area contributed by atoms with Gasteiger partial charge in [0, 0.05) is 19.6 Å². The van der Waals surface area contributed by atoms with E-state index in [1.165, 1.54) is 12.1 Å². The fourth-order valence-corrected chi connectivity index (χ4v) is 2.13. The summed E-state index contributed by atoms with van der Waals surface area (Å²) < 4.78 is 5.30. The molecule has 0 radical (unpaired) electrons. The van der Waals surface area contributed by atoms with E-state index < -0.39 is 5.97 Å². The molecule has 1 fully saturated rings. The van der Waals surface area contributed by atoms with Crippen molar-refractivity contribution in [2.24, 2.45) is 4.99 Å². The Morgan fingerprint density at radius 3 is 2.73 bits per heavy atom. The number of nitrogens with zero attached hydrogens (tertiary/aromatic N) is 2. The van der Waals surface area contributed by atoms with Crippen LogP contribution in [0.5, 0.6) is 0 Å². The van der Waals surface area contributed by atoms with Crippen molar-refractivity contribution in [1.29, 1.82) is 0 Å². The van der Waals surface area contributed by atoms with E-state index in [9.17, 15) is 4.79 Å². The summed E-state index contributed by atoms with van der Waals surface area (Å²) >= 11 is 0. The lowest BCUT2D eigenvalue weighted by Gasteiger charge is -2.26. The summed E-state index contributed by atoms with van der Waals surface area (Å²) in [4.78, 5) is 17.3. The number of morpholine rings is 1. The molecule has 1 aliphatic rings. The highest BCUT2D eigenvalue weighted by molar-refractivity contribution is 5.87. The first kappa shape index (κ1) is 16.4. The SMILES string of the molecule is O=C(O)c1ccc(N=CNNCCCN2CCOCC2)cc1. The Labute approximate surface area is 130 Å². The van der Waals surface area contributed by atoms with Gasteiger partial charge in [-0.2, -0.15) is 0 Å². The molecular formula is C15H22N4O3. The molecule has 0 aromatic heterocycles. The number of hydrogen-bond donors (Lipinski definition) is 3. The lowest BCUT2D eigenvalue weighted by molar-refractivity contribution is 0.0374. The summed E-state index contributed by atoms with van der Waals surface area (Å²) in [6.07, 6.45) is 2.61. The number of hydrogen-bond acceptors (Lipinski definition) is 5. The van der Waals surface area contributed by atoms with Crippen molar-refractivity contribution in [3.63, 3.8) is 0 Å². The zero-order valence-electron chi connectivity index (χ0n) is 12.5. The molecule has 0 aliphatic carbocycles. The molecule has 7 nitrogen and oxygen atoms in total. The molecule has 7 heteroatoms. The van der Waals surface area contributed by atoms with Crippen molar-refractivity contribution < 1.29 is 14.6 Å². The van der Waals surface area contributed by atoms with Crippen molar-refractivity contribution in [2.45, 2.75) is 6.42 Å². The maximum Gasteiger partial charge on any atom is 0.335 e. The molecular weight excluding hydrogens is 284 g/mol. The fourth-order valence-electron chi connectivity index (χ4n) is 2.13. The lowest BCUT2D eigenvalue weighted by Crippen LogP contribution is -2.39. The fraction of sp³-hybridized carbons (Fsp3) is 0.467. The molecule has 1 aromatic rings. The van der Waals surface area contributed by atoms with Crippen LogP contribution in [0.2, 0.25) is 0 Å². The van der Waals surface area contributed by atoms with Gasteiger partial charge in [-0.1, -0.05) is 0 Å². The number of carboxylic acid groups (broad SMARTS) is 1. The van der Waals surface area contributed by atoms with E-state index in [2.05, 4.69) is 20.7 Å². The van der Waals surface area contributed by atoms with Crippen molar-refractivity contribution in [3.8, 4) is 0 Å². The number of rotatable bonds is 8. The van der Waals surface area contributed by atoms with E-state index in [4.69, 9.17) is 9.84 Å². The van der Waals surface area contributed by atoms with Crippen LogP contribution in [-0.4, -0.2) is 61.7 Å². The van der Waals surface area contributed by atoms with E-state index >= 15 is 0 Å². The van der Waals surface area contributed by atoms with Crippen molar-refractivity contribution in [3.05, 3.63) is 29.8 Å². The van der Waals surface area contributed by atoms with Gasteiger partial charge in [0.05, 0.1) is 24.5 Å². The third kappa shape index (κ3) is 5.80. The Kier molecular flexibility index (Phi) is 6.82. The van der Waals surface area contributed by atoms with E-state index in [1.807, 2.05) is 0 Å². The van der Waals surface area contributed by atoms with Crippen LogP contribution >= 0.6 is 0 Å². The minimum atomic E-state index is -0.935. The molecule has 1 aliphatic heterocycles. The van der Waals surface area contributed by atoms with Crippen LogP contribution in [0.3, 0.4) is 0 Å². The Bertz CT molecular complexity index is 484. The molecule has 0 spiro atoms. The molecule has 1 aromatic carbocycles. The van der Waals surface area contributed by atoms with Crippen LogP contribution < -0.4 is 10.9 Å². The summed E-state index contributed by atoms with van der Waals surface area (Å²) in [5, 5.41) is 8.80. The van der Waals surface area contributed by atoms with Crippen LogP contribution in [0.25, 0.3) is 0 Å². The monoisotopic (exact) mass is 306 g/mol. The van der Waals surface area contributed by atoms with Gasteiger partial charge in [0.15, 0.2) is 0 Å². The second-order valence-electron chi connectivity index (χ2n) is 4.99. The Morgan fingerprint density at radius 2 is 2.05 bits per heavy atom. The molecule has 1 saturated heterocycles. The number of nitrogens with one attached hydrogen (secondary N) is 2. The van der Waals surface area contributed by atoms with Gasteiger partial charge in [0.25, 0.3) is 0 Å². The van der Waals surface area contributed by atoms with Crippen molar-refractivity contribution in [1.82, 2.24) is 15.8 Å². The van der Waals surface area contributed by atoms with Crippen molar-refractivity contribution >= 4 is 18.0 Å². The number of aromatic carboxylic acids is 1. The van der Waals surface area contributed by atoms with Gasteiger partial charge >= 0.3 is 5.97 Å². The molecule has 2 rings (SSSR count). The lowest BCUT2D eigenvalue weighted by atomic mass is 10.2. The molecule has 0 saturated carbocycles. The Balaban J connectivity index is 1.56. The van der Waals surface area contributed by atoms with Crippen LogP contribution in [-0.2, 0) is 4.74 Å². The zero-order chi connectivity index (χ0) is 15.6. The molecule has 0 amide bonds. The van der Waals surface area contributed by atoms with Gasteiger partial charge in [0.2, 0.25) is 0 Å². The highest BCUT2D eigenvalue weighted by Gasteiger charge is 2.08. The highest BCUT2D eigenvalue weighted by atomic mass is 16.5.